The third-order valence-corrected chi connectivity index (χ3v) is 4.05. The molecule has 1 saturated carbocycles. The maximum atomic E-state index is 4.07. The molecule has 0 aliphatic heterocycles. The van der Waals surface area contributed by atoms with E-state index in [1.54, 1.807) is 0 Å². The second-order valence-corrected chi connectivity index (χ2v) is 5.07. The second kappa shape index (κ2) is 3.77. The van der Waals surface area contributed by atoms with Crippen molar-refractivity contribution in [3.63, 3.8) is 0 Å². The van der Waals surface area contributed by atoms with Gasteiger partial charge in [-0.25, -0.2) is 0 Å². The molecule has 14 heavy (non-hydrogen) atoms. The molecule has 4 heteroatoms. The molecule has 1 N–H and O–H groups in total. The first-order valence-corrected chi connectivity index (χ1v) is 6.06. The van der Waals surface area contributed by atoms with Crippen LogP contribution >= 0.6 is 11.8 Å². The Morgan fingerprint density at radius 1 is 1.43 bits per heavy atom. The molecule has 1 aromatic heterocycles. The number of nitrogens with one attached hydrogen (secondary N) is 1. The van der Waals surface area contributed by atoms with E-state index in [-0.39, 0.29) is 0 Å². The van der Waals surface area contributed by atoms with Gasteiger partial charge in [0, 0.05) is 11.3 Å². The molecular weight excluding hydrogens is 194 g/mol. The molecule has 0 saturated heterocycles. The highest BCUT2D eigenvalue weighted by Gasteiger charge is 2.41. The van der Waals surface area contributed by atoms with Crippen LogP contribution in [-0.2, 0) is 0 Å². The van der Waals surface area contributed by atoms with Gasteiger partial charge in [-0.05, 0) is 38.2 Å². The van der Waals surface area contributed by atoms with Crippen molar-refractivity contribution >= 4 is 17.6 Å². The number of hydrogen-bond donors (Lipinski definition) is 1. The fourth-order valence-corrected chi connectivity index (χ4v) is 2.06. The Hall–Kier alpha value is -0.770. The van der Waals surface area contributed by atoms with Crippen LogP contribution in [0.4, 0.5) is 5.82 Å². The summed E-state index contributed by atoms with van der Waals surface area (Å²) in [6.07, 6.45) is 4.82. The summed E-state index contributed by atoms with van der Waals surface area (Å²) in [4.78, 5) is 0. The van der Waals surface area contributed by atoms with Crippen LogP contribution in [0.2, 0.25) is 0 Å². The Morgan fingerprint density at radius 2 is 2.21 bits per heavy atom. The number of thioether (sulfide) groups is 1. The number of hydrogen-bond acceptors (Lipinski definition) is 4. The van der Waals surface area contributed by atoms with E-state index in [1.807, 2.05) is 30.8 Å². The Bertz CT molecular complexity index is 306. The molecule has 0 amide bonds. The van der Waals surface area contributed by atoms with Crippen LogP contribution in [0.3, 0.4) is 0 Å². The van der Waals surface area contributed by atoms with Crippen molar-refractivity contribution in [2.24, 2.45) is 0 Å². The van der Waals surface area contributed by atoms with E-state index in [0.717, 1.165) is 18.1 Å². The Morgan fingerprint density at radius 3 is 2.71 bits per heavy atom. The van der Waals surface area contributed by atoms with Gasteiger partial charge in [0.15, 0.2) is 0 Å². The number of nitrogens with zero attached hydrogens (tertiary/aromatic N) is 2. The van der Waals surface area contributed by atoms with E-state index in [9.17, 15) is 0 Å². The molecular formula is C10H15N3S. The Kier molecular flexibility index (Phi) is 2.63. The highest BCUT2D eigenvalue weighted by molar-refractivity contribution is 8.00. The quantitative estimate of drug-likeness (QED) is 0.824. The molecule has 0 radical (unpaired) electrons. The standard InChI is InChI=1S/C10H15N3S/c1-8-3-4-9(13-12-8)11-7-10(14-2)5-6-10/h3-4H,5-7H2,1-2H3,(H,11,13). The summed E-state index contributed by atoms with van der Waals surface area (Å²) in [6.45, 7) is 2.95. The lowest BCUT2D eigenvalue weighted by atomic mass is 10.4. The van der Waals surface area contributed by atoms with Crippen LogP contribution in [0, 0.1) is 6.92 Å². The van der Waals surface area contributed by atoms with Gasteiger partial charge < -0.3 is 5.32 Å². The van der Waals surface area contributed by atoms with E-state index in [4.69, 9.17) is 0 Å². The lowest BCUT2D eigenvalue weighted by Gasteiger charge is -2.12. The molecule has 0 bridgehead atoms. The summed E-state index contributed by atoms with van der Waals surface area (Å²) in [6, 6.07) is 3.97. The Labute approximate surface area is 88.7 Å². The van der Waals surface area contributed by atoms with E-state index < -0.39 is 0 Å². The molecule has 1 fully saturated rings. The van der Waals surface area contributed by atoms with Gasteiger partial charge in [0.25, 0.3) is 0 Å². The third-order valence-electron chi connectivity index (χ3n) is 2.63. The molecule has 2 rings (SSSR count). The number of aromatic nitrogens is 2. The lowest BCUT2D eigenvalue weighted by molar-refractivity contribution is 0.912. The van der Waals surface area contributed by atoms with Crippen LogP contribution in [0.1, 0.15) is 18.5 Å². The minimum atomic E-state index is 0.479. The SMILES string of the molecule is CSC1(CNc2ccc(C)nn2)CC1. The first-order valence-electron chi connectivity index (χ1n) is 4.83. The van der Waals surface area contributed by atoms with Crippen LogP contribution in [0.5, 0.6) is 0 Å². The maximum Gasteiger partial charge on any atom is 0.148 e. The summed E-state index contributed by atoms with van der Waals surface area (Å²) in [5, 5.41) is 11.4. The predicted molar refractivity (Wildman–Crippen MR) is 60.7 cm³/mol. The molecule has 0 aromatic carbocycles. The predicted octanol–water partition coefficient (Wildman–Crippen LogP) is 2.09. The van der Waals surface area contributed by atoms with E-state index in [0.29, 0.717) is 4.75 Å². The molecule has 1 aliphatic carbocycles. The summed E-state index contributed by atoms with van der Waals surface area (Å²) < 4.78 is 0.479. The minimum Gasteiger partial charge on any atom is -0.367 e. The molecule has 3 nitrogen and oxygen atoms in total. The molecule has 0 unspecified atom stereocenters. The van der Waals surface area contributed by atoms with Crippen molar-refractivity contribution in [3.8, 4) is 0 Å². The first-order chi connectivity index (χ1) is 6.74. The topological polar surface area (TPSA) is 37.8 Å². The maximum absolute atomic E-state index is 4.07. The van der Waals surface area contributed by atoms with Crippen molar-refractivity contribution in [2.45, 2.75) is 24.5 Å². The van der Waals surface area contributed by atoms with E-state index >= 15 is 0 Å². The average molecular weight is 209 g/mol. The van der Waals surface area contributed by atoms with E-state index in [1.165, 1.54) is 12.8 Å². The number of aryl methyl sites for hydroxylation is 1. The normalized spacial score (nSPS) is 17.9. The monoisotopic (exact) mass is 209 g/mol. The molecule has 0 atom stereocenters. The van der Waals surface area contributed by atoms with Gasteiger partial charge in [0.1, 0.15) is 5.82 Å². The van der Waals surface area contributed by atoms with E-state index in [2.05, 4.69) is 21.8 Å². The lowest BCUT2D eigenvalue weighted by Crippen LogP contribution is -2.18. The van der Waals surface area contributed by atoms with Gasteiger partial charge >= 0.3 is 0 Å². The minimum absolute atomic E-state index is 0.479. The van der Waals surface area contributed by atoms with Crippen LogP contribution in [-0.4, -0.2) is 27.7 Å². The van der Waals surface area contributed by atoms with Gasteiger partial charge in [-0.1, -0.05) is 0 Å². The number of anilines is 1. The summed E-state index contributed by atoms with van der Waals surface area (Å²) in [5.74, 6) is 0.885. The fourth-order valence-electron chi connectivity index (χ4n) is 1.34. The van der Waals surface area contributed by atoms with Crippen molar-refractivity contribution in [2.75, 3.05) is 18.1 Å². The van der Waals surface area contributed by atoms with Crippen molar-refractivity contribution in [1.29, 1.82) is 0 Å². The number of rotatable bonds is 4. The highest BCUT2D eigenvalue weighted by atomic mass is 32.2. The third kappa shape index (κ3) is 2.18. The van der Waals surface area contributed by atoms with Crippen molar-refractivity contribution in [1.82, 2.24) is 10.2 Å². The first kappa shape index (κ1) is 9.77. The fraction of sp³-hybridized carbons (Fsp3) is 0.600. The second-order valence-electron chi connectivity index (χ2n) is 3.80. The summed E-state index contributed by atoms with van der Waals surface area (Å²) >= 11 is 1.95. The van der Waals surface area contributed by atoms with Gasteiger partial charge in [0.05, 0.1) is 5.69 Å². The smallest absolute Gasteiger partial charge is 0.148 e. The molecule has 0 spiro atoms. The van der Waals surface area contributed by atoms with Crippen molar-refractivity contribution < 1.29 is 0 Å². The van der Waals surface area contributed by atoms with Gasteiger partial charge in [0.2, 0.25) is 0 Å². The summed E-state index contributed by atoms with van der Waals surface area (Å²) in [7, 11) is 0. The van der Waals surface area contributed by atoms with Gasteiger partial charge in [-0.15, -0.1) is 5.10 Å². The zero-order valence-electron chi connectivity index (χ0n) is 8.58. The Balaban J connectivity index is 1.89. The average Bonchev–Trinajstić information content (AvgIpc) is 2.98. The zero-order chi connectivity index (χ0) is 10.0. The van der Waals surface area contributed by atoms with Crippen LogP contribution < -0.4 is 5.32 Å². The van der Waals surface area contributed by atoms with Crippen molar-refractivity contribution in [3.05, 3.63) is 17.8 Å². The molecule has 1 aliphatic rings. The summed E-state index contributed by atoms with van der Waals surface area (Å²) in [5.41, 5.74) is 0.960. The van der Waals surface area contributed by atoms with Crippen LogP contribution in [0.15, 0.2) is 12.1 Å². The molecule has 1 aromatic rings. The molecule has 1 heterocycles. The zero-order valence-corrected chi connectivity index (χ0v) is 9.40. The van der Waals surface area contributed by atoms with Crippen LogP contribution in [0.25, 0.3) is 0 Å². The largest absolute Gasteiger partial charge is 0.367 e. The molecule has 76 valence electrons. The van der Waals surface area contributed by atoms with Gasteiger partial charge in [-0.3, -0.25) is 0 Å². The van der Waals surface area contributed by atoms with Gasteiger partial charge in [-0.2, -0.15) is 16.9 Å². The highest BCUT2D eigenvalue weighted by Crippen LogP contribution is 2.46.